The van der Waals surface area contributed by atoms with E-state index in [1.54, 1.807) is 18.3 Å². The van der Waals surface area contributed by atoms with Crippen LogP contribution in [0.15, 0.2) is 60.1 Å². The van der Waals surface area contributed by atoms with Crippen molar-refractivity contribution >= 4 is 49.5 Å². The molecule has 3 heterocycles. The minimum Gasteiger partial charge on any atom is -0.472 e. The first-order valence-corrected chi connectivity index (χ1v) is 11.4. The lowest BCUT2D eigenvalue weighted by Crippen LogP contribution is -2.48. The number of hydrogen-bond donors (Lipinski definition) is 2. The Hall–Kier alpha value is -2.31. The monoisotopic (exact) mass is 438 g/mol. The van der Waals surface area contributed by atoms with Gasteiger partial charge in [0.25, 0.3) is 0 Å². The highest BCUT2D eigenvalue weighted by atomic mass is 35.5. The van der Waals surface area contributed by atoms with E-state index >= 15 is 0 Å². The molecule has 2 unspecified atom stereocenters. The highest BCUT2D eigenvalue weighted by Gasteiger charge is 2.28. The largest absolute Gasteiger partial charge is 0.472 e. The fraction of sp³-hybridized carbons (Fsp3) is 0.250. The molecule has 0 fully saturated rings. The second kappa shape index (κ2) is 8.08. The summed E-state index contributed by atoms with van der Waals surface area (Å²) in [7, 11) is 0. The van der Waals surface area contributed by atoms with Gasteiger partial charge in [0.05, 0.1) is 0 Å². The molecule has 2 aromatic heterocycles. The molecule has 0 saturated heterocycles. The van der Waals surface area contributed by atoms with Crippen LogP contribution in [0.2, 0.25) is 5.02 Å². The van der Waals surface area contributed by atoms with Gasteiger partial charge < -0.3 is 14.8 Å². The molecule has 0 spiro atoms. The molecular weight excluding hydrogens is 416 g/mol. The van der Waals surface area contributed by atoms with Gasteiger partial charge in [-0.1, -0.05) is 23.7 Å². The van der Waals surface area contributed by atoms with Crippen LogP contribution in [0.1, 0.15) is 18.9 Å². The van der Waals surface area contributed by atoms with Crippen molar-refractivity contribution in [2.24, 2.45) is 0 Å². The number of nitrogens with one attached hydrogen (secondary N) is 1. The molecule has 2 aromatic carbocycles. The third-order valence-electron chi connectivity index (χ3n) is 5.70. The van der Waals surface area contributed by atoms with Crippen molar-refractivity contribution in [1.82, 2.24) is 9.88 Å². The van der Waals surface area contributed by atoms with E-state index in [4.69, 9.17) is 16.3 Å². The van der Waals surface area contributed by atoms with Gasteiger partial charge in [0.15, 0.2) is 6.23 Å². The Morgan fingerprint density at radius 3 is 2.90 bits per heavy atom. The van der Waals surface area contributed by atoms with Crippen LogP contribution >= 0.6 is 22.9 Å². The zero-order valence-corrected chi connectivity index (χ0v) is 18.2. The number of ether oxygens (including phenoxy) is 1. The van der Waals surface area contributed by atoms with Gasteiger partial charge in [-0.3, -0.25) is 4.90 Å². The molecule has 0 bridgehead atoms. The quantitative estimate of drug-likeness (QED) is 0.407. The van der Waals surface area contributed by atoms with Crippen molar-refractivity contribution in [3.05, 3.63) is 70.7 Å². The Balaban J connectivity index is 1.38. The highest BCUT2D eigenvalue weighted by molar-refractivity contribution is 7.17. The van der Waals surface area contributed by atoms with Crippen molar-refractivity contribution in [1.29, 1.82) is 0 Å². The number of rotatable bonds is 5. The smallest absolute Gasteiger partial charge is 0.178 e. The molecule has 0 aliphatic carbocycles. The van der Waals surface area contributed by atoms with E-state index in [9.17, 15) is 5.11 Å². The lowest BCUT2D eigenvalue weighted by Gasteiger charge is -2.35. The first-order valence-electron chi connectivity index (χ1n) is 10.1. The molecule has 5 rings (SSSR count). The molecule has 4 nitrogen and oxygen atoms in total. The first kappa shape index (κ1) is 19.6. The van der Waals surface area contributed by atoms with E-state index in [1.807, 2.05) is 36.5 Å². The molecule has 0 amide bonds. The van der Waals surface area contributed by atoms with Gasteiger partial charge in [-0.2, -0.15) is 0 Å². The van der Waals surface area contributed by atoms with Crippen LogP contribution in [-0.2, 0) is 0 Å². The van der Waals surface area contributed by atoms with Crippen LogP contribution in [0.25, 0.3) is 26.6 Å². The molecule has 1 aliphatic rings. The van der Waals surface area contributed by atoms with Gasteiger partial charge in [-0.25, -0.2) is 0 Å². The van der Waals surface area contributed by atoms with E-state index < -0.39 is 12.3 Å². The number of H-pyrrole nitrogens is 1. The number of fused-ring (bicyclic) bond motifs is 2. The number of hydrogen-bond acceptors (Lipinski definition) is 4. The number of aliphatic hydroxyl groups excluding tert-OH is 1. The summed E-state index contributed by atoms with van der Waals surface area (Å²) in [6.45, 7) is 3.34. The maximum absolute atomic E-state index is 10.5. The van der Waals surface area contributed by atoms with Crippen LogP contribution < -0.4 is 4.74 Å². The lowest BCUT2D eigenvalue weighted by atomic mass is 9.98. The summed E-state index contributed by atoms with van der Waals surface area (Å²) in [5, 5.41) is 15.7. The second-order valence-electron chi connectivity index (χ2n) is 7.71. The summed E-state index contributed by atoms with van der Waals surface area (Å²) < 4.78 is 7.56. The van der Waals surface area contributed by atoms with Crippen molar-refractivity contribution in [3.63, 3.8) is 0 Å². The molecule has 4 aromatic rings. The van der Waals surface area contributed by atoms with Crippen LogP contribution in [0, 0.1) is 0 Å². The molecule has 154 valence electrons. The van der Waals surface area contributed by atoms with E-state index in [2.05, 4.69) is 33.5 Å². The minimum absolute atomic E-state index is 0.406. The van der Waals surface area contributed by atoms with Gasteiger partial charge in [-0.05, 0) is 66.3 Å². The SMILES string of the molecule is CC(O)C(Oc1cccc2[nH]ccc12)N1CC=C(c2csc3ccc(Cl)cc23)CC1. The standard InChI is InChI=1S/C24H23ClN2O2S/c1-15(28)24(29-22-4-2-3-21-18(22)7-10-26-21)27-11-8-16(9-12-27)20-14-30-23-6-5-17(25)13-19(20)23/h2-8,10,13-15,24,26,28H,9,11-12H2,1H3. The molecule has 0 saturated carbocycles. The third-order valence-corrected chi connectivity index (χ3v) is 6.90. The maximum Gasteiger partial charge on any atom is 0.178 e. The molecule has 1 aliphatic heterocycles. The van der Waals surface area contributed by atoms with Crippen LogP contribution in [-0.4, -0.2) is 40.4 Å². The Kier molecular flexibility index (Phi) is 5.29. The third kappa shape index (κ3) is 3.63. The fourth-order valence-corrected chi connectivity index (χ4v) is 5.32. The summed E-state index contributed by atoms with van der Waals surface area (Å²) in [5.41, 5.74) is 3.63. The lowest BCUT2D eigenvalue weighted by molar-refractivity contribution is -0.0528. The van der Waals surface area contributed by atoms with Crippen molar-refractivity contribution in [2.45, 2.75) is 25.7 Å². The van der Waals surface area contributed by atoms with Crippen molar-refractivity contribution in [3.8, 4) is 5.75 Å². The topological polar surface area (TPSA) is 48.5 Å². The van der Waals surface area contributed by atoms with E-state index in [-0.39, 0.29) is 0 Å². The number of nitrogens with zero attached hydrogens (tertiary/aromatic N) is 1. The highest BCUT2D eigenvalue weighted by Crippen LogP contribution is 2.36. The summed E-state index contributed by atoms with van der Waals surface area (Å²) >= 11 is 7.98. The van der Waals surface area contributed by atoms with Crippen LogP contribution in [0.5, 0.6) is 5.75 Å². The number of aromatic amines is 1. The summed E-state index contributed by atoms with van der Waals surface area (Å²) in [5.74, 6) is 0.785. The predicted octanol–water partition coefficient (Wildman–Crippen LogP) is 5.91. The minimum atomic E-state index is -0.616. The van der Waals surface area contributed by atoms with Crippen molar-refractivity contribution < 1.29 is 9.84 Å². The molecule has 2 atom stereocenters. The predicted molar refractivity (Wildman–Crippen MR) is 125 cm³/mol. The van der Waals surface area contributed by atoms with Crippen molar-refractivity contribution in [2.75, 3.05) is 13.1 Å². The Bertz CT molecular complexity index is 1230. The Labute approximate surface area is 184 Å². The van der Waals surface area contributed by atoms with Gasteiger partial charge in [0, 0.05) is 45.3 Å². The first-order chi connectivity index (χ1) is 14.6. The summed E-state index contributed by atoms with van der Waals surface area (Å²) in [4.78, 5) is 5.40. The van der Waals surface area contributed by atoms with E-state index in [1.165, 1.54) is 21.2 Å². The number of aromatic nitrogens is 1. The van der Waals surface area contributed by atoms with Gasteiger partial charge >= 0.3 is 0 Å². The summed E-state index contributed by atoms with van der Waals surface area (Å²) in [6.07, 6.45) is 4.04. The van der Waals surface area contributed by atoms with Gasteiger partial charge in [-0.15, -0.1) is 11.3 Å². The second-order valence-corrected chi connectivity index (χ2v) is 9.06. The van der Waals surface area contributed by atoms with Crippen LogP contribution in [0.3, 0.4) is 0 Å². The number of aliphatic hydroxyl groups is 1. The number of benzene rings is 2. The van der Waals surface area contributed by atoms with E-state index in [0.29, 0.717) is 0 Å². The Morgan fingerprint density at radius 2 is 2.10 bits per heavy atom. The average Bonchev–Trinajstić information content (AvgIpc) is 3.39. The molecule has 2 N–H and O–H groups in total. The van der Waals surface area contributed by atoms with Gasteiger partial charge in [0.1, 0.15) is 11.9 Å². The number of halogens is 1. The average molecular weight is 439 g/mol. The van der Waals surface area contributed by atoms with Crippen LogP contribution in [0.4, 0.5) is 0 Å². The van der Waals surface area contributed by atoms with Gasteiger partial charge in [0.2, 0.25) is 0 Å². The molecule has 30 heavy (non-hydrogen) atoms. The molecular formula is C24H23ClN2O2S. The molecule has 0 radical (unpaired) electrons. The Morgan fingerprint density at radius 1 is 1.20 bits per heavy atom. The zero-order valence-electron chi connectivity index (χ0n) is 16.6. The number of thiophene rings is 1. The molecule has 6 heteroatoms. The maximum atomic E-state index is 10.5. The summed E-state index contributed by atoms with van der Waals surface area (Å²) in [6, 6.07) is 14.0. The normalized spacial score (nSPS) is 17.2. The fourth-order valence-electron chi connectivity index (χ4n) is 4.18. The van der Waals surface area contributed by atoms with E-state index in [0.717, 1.165) is 41.2 Å². The zero-order chi connectivity index (χ0) is 20.7.